The zero-order chi connectivity index (χ0) is 36.4. The Balaban J connectivity index is 1.55. The highest BCUT2D eigenvalue weighted by Gasteiger charge is 2.36. The lowest BCUT2D eigenvalue weighted by molar-refractivity contribution is -0.0872. The molecule has 276 valence electrons. The van der Waals surface area contributed by atoms with Crippen LogP contribution in [0, 0.1) is 0 Å². The highest BCUT2D eigenvalue weighted by Crippen LogP contribution is 2.54. The average Bonchev–Trinajstić information content (AvgIpc) is 3.14. The summed E-state index contributed by atoms with van der Waals surface area (Å²) in [6.07, 6.45) is -0.438. The Labute approximate surface area is 302 Å². The molecule has 1 atom stereocenters. The predicted molar refractivity (Wildman–Crippen MR) is 197 cm³/mol. The summed E-state index contributed by atoms with van der Waals surface area (Å²) in [5.41, 5.74) is 2.44. The zero-order valence-electron chi connectivity index (χ0n) is 29.8. The lowest BCUT2D eigenvalue weighted by Gasteiger charge is -2.30. The van der Waals surface area contributed by atoms with E-state index >= 15 is 0 Å². The zero-order valence-corrected chi connectivity index (χ0v) is 31.6. The fourth-order valence-electron chi connectivity index (χ4n) is 4.52. The van der Waals surface area contributed by atoms with Gasteiger partial charge in [0.1, 0.15) is 6.10 Å². The summed E-state index contributed by atoms with van der Waals surface area (Å²) in [6.45, 7) is 7.61. The second kappa shape index (κ2) is 20.9. The molecule has 1 unspecified atom stereocenters. The first-order valence-corrected chi connectivity index (χ1v) is 20.0. The molecule has 0 spiro atoms. The highest BCUT2D eigenvalue weighted by atomic mass is 31.2. The summed E-state index contributed by atoms with van der Waals surface area (Å²) in [6, 6.07) is 37.1. The van der Waals surface area contributed by atoms with E-state index in [1.165, 1.54) is 0 Å². The molecule has 0 aliphatic carbocycles. The molecule has 0 saturated carbocycles. The fraction of sp³-hybridized carbons (Fsp3) is 0.385. The van der Waals surface area contributed by atoms with Crippen LogP contribution < -0.4 is 0 Å². The Morgan fingerprint density at radius 1 is 0.529 bits per heavy atom. The molecular weight excluding hydrogens is 690 g/mol. The van der Waals surface area contributed by atoms with Gasteiger partial charge in [-0.25, -0.2) is 9.13 Å². The number of hydrogen-bond acceptors (Lipinski definition) is 10. The van der Waals surface area contributed by atoms with Gasteiger partial charge >= 0.3 is 15.6 Å². The van der Waals surface area contributed by atoms with Gasteiger partial charge in [0.25, 0.3) is 0 Å². The predicted octanol–water partition coefficient (Wildman–Crippen LogP) is 10.1. The molecule has 0 bridgehead atoms. The van der Waals surface area contributed by atoms with E-state index in [9.17, 15) is 9.13 Å². The highest BCUT2D eigenvalue weighted by molar-refractivity contribution is 7.48. The minimum absolute atomic E-state index is 0.0311. The maximum atomic E-state index is 14.4. The van der Waals surface area contributed by atoms with Crippen LogP contribution in [0.15, 0.2) is 121 Å². The summed E-state index contributed by atoms with van der Waals surface area (Å²) in [5, 5.41) is 0. The van der Waals surface area contributed by atoms with Gasteiger partial charge in [-0.1, -0.05) is 121 Å². The molecule has 51 heavy (non-hydrogen) atoms. The Kier molecular flexibility index (Phi) is 16.7. The third-order valence-electron chi connectivity index (χ3n) is 7.44. The Bertz CT molecular complexity index is 1530. The van der Waals surface area contributed by atoms with E-state index in [2.05, 4.69) is 0 Å². The summed E-state index contributed by atoms with van der Waals surface area (Å²) >= 11 is 0. The maximum absolute atomic E-state index is 14.4. The summed E-state index contributed by atoms with van der Waals surface area (Å²) in [5.74, 6) is 0. The topological polar surface area (TPSA) is 108 Å². The molecule has 10 nitrogen and oxygen atoms in total. The molecule has 0 aromatic heterocycles. The van der Waals surface area contributed by atoms with Crippen LogP contribution >= 0.6 is 15.6 Å². The number of rotatable bonds is 24. The van der Waals surface area contributed by atoms with E-state index in [0.29, 0.717) is 13.0 Å². The fourth-order valence-corrected chi connectivity index (χ4v) is 7.00. The van der Waals surface area contributed by atoms with Crippen LogP contribution in [0.1, 0.15) is 56.4 Å². The van der Waals surface area contributed by atoms with Crippen molar-refractivity contribution in [2.45, 2.75) is 78.4 Å². The molecule has 4 aromatic carbocycles. The molecule has 0 saturated heterocycles. The van der Waals surface area contributed by atoms with Crippen molar-refractivity contribution in [3.05, 3.63) is 144 Å². The van der Waals surface area contributed by atoms with Gasteiger partial charge in [-0.3, -0.25) is 27.1 Å². The second-order valence-electron chi connectivity index (χ2n) is 12.7. The molecule has 0 amide bonds. The van der Waals surface area contributed by atoms with Crippen LogP contribution in [-0.4, -0.2) is 37.6 Å². The van der Waals surface area contributed by atoms with Gasteiger partial charge < -0.3 is 9.47 Å². The minimum Gasteiger partial charge on any atom is -0.379 e. The van der Waals surface area contributed by atoms with E-state index < -0.39 is 27.4 Å². The van der Waals surface area contributed by atoms with Crippen LogP contribution in [-0.2, 0) is 72.2 Å². The van der Waals surface area contributed by atoms with Crippen molar-refractivity contribution >= 4 is 15.6 Å². The SMILES string of the molecule is CC(C)OCCC(C)(C)OCC(COP(=O)(OCc1ccccc1)OCc1ccccc1)OP(=O)(OCc1ccccc1)OCc1ccccc1. The number of hydrogen-bond donors (Lipinski definition) is 0. The average molecular weight is 741 g/mol. The maximum Gasteiger partial charge on any atom is 0.475 e. The largest absolute Gasteiger partial charge is 0.475 e. The van der Waals surface area contributed by atoms with Gasteiger partial charge in [-0.15, -0.1) is 0 Å². The first-order valence-electron chi connectivity index (χ1n) is 17.0. The minimum atomic E-state index is -4.29. The number of phosphoric acid groups is 2. The van der Waals surface area contributed by atoms with Gasteiger partial charge in [-0.05, 0) is 56.4 Å². The molecule has 0 N–H and O–H groups in total. The van der Waals surface area contributed by atoms with Crippen molar-refractivity contribution in [3.63, 3.8) is 0 Å². The number of ether oxygens (including phenoxy) is 2. The smallest absolute Gasteiger partial charge is 0.379 e. The van der Waals surface area contributed by atoms with Crippen molar-refractivity contribution in [3.8, 4) is 0 Å². The van der Waals surface area contributed by atoms with Gasteiger partial charge in [0.05, 0.1) is 51.3 Å². The summed E-state index contributed by atoms with van der Waals surface area (Å²) in [4.78, 5) is 0. The van der Waals surface area contributed by atoms with E-state index in [4.69, 9.17) is 36.6 Å². The molecule has 0 aliphatic heterocycles. The Morgan fingerprint density at radius 3 is 1.27 bits per heavy atom. The van der Waals surface area contributed by atoms with Crippen LogP contribution in [0.4, 0.5) is 0 Å². The quantitative estimate of drug-likeness (QED) is 0.0644. The van der Waals surface area contributed by atoms with E-state index in [-0.39, 0.29) is 45.7 Å². The summed E-state index contributed by atoms with van der Waals surface area (Å²) < 4.78 is 76.0. The van der Waals surface area contributed by atoms with E-state index in [1.807, 2.05) is 149 Å². The van der Waals surface area contributed by atoms with Gasteiger partial charge in [0, 0.05) is 6.61 Å². The van der Waals surface area contributed by atoms with Crippen LogP contribution in [0.2, 0.25) is 0 Å². The standard InChI is InChI=1S/C39H50O10P2/c1-33(2)42-26-25-39(3,4)43-31-38(49-51(41,46-29-36-21-13-7-14-22-36)47-30-37-23-15-8-16-24-37)32-48-50(40,44-27-34-17-9-5-10-18-34)45-28-35-19-11-6-12-20-35/h5-24,33,38H,25-32H2,1-4H3. The molecule has 4 rings (SSSR count). The lowest BCUT2D eigenvalue weighted by Crippen LogP contribution is -2.34. The Hall–Kier alpha value is -2.98. The molecule has 0 radical (unpaired) electrons. The first kappa shape index (κ1) is 40.8. The molecule has 12 heteroatoms. The van der Waals surface area contributed by atoms with Crippen LogP contribution in [0.25, 0.3) is 0 Å². The number of benzene rings is 4. The summed E-state index contributed by atoms with van der Waals surface area (Å²) in [7, 11) is -8.50. The molecular formula is C39H50O10P2. The normalized spacial score (nSPS) is 13.0. The van der Waals surface area contributed by atoms with E-state index in [1.54, 1.807) is 0 Å². The monoisotopic (exact) mass is 740 g/mol. The third-order valence-corrected chi connectivity index (χ3v) is 10.2. The van der Waals surface area contributed by atoms with Crippen molar-refractivity contribution < 1.29 is 45.7 Å². The molecule has 0 heterocycles. The second-order valence-corrected chi connectivity index (χ2v) is 16.0. The molecule has 0 aliphatic rings. The van der Waals surface area contributed by atoms with Gasteiger partial charge in [-0.2, -0.15) is 0 Å². The van der Waals surface area contributed by atoms with Crippen molar-refractivity contribution in [1.82, 2.24) is 0 Å². The number of phosphoric ester groups is 2. The van der Waals surface area contributed by atoms with Gasteiger partial charge in [0.2, 0.25) is 0 Å². The Morgan fingerprint density at radius 2 is 0.902 bits per heavy atom. The third kappa shape index (κ3) is 16.1. The molecule has 0 fully saturated rings. The van der Waals surface area contributed by atoms with Crippen LogP contribution in [0.3, 0.4) is 0 Å². The van der Waals surface area contributed by atoms with Crippen molar-refractivity contribution in [1.29, 1.82) is 0 Å². The molecule has 4 aromatic rings. The van der Waals surface area contributed by atoms with Crippen LogP contribution in [0.5, 0.6) is 0 Å². The first-order chi connectivity index (χ1) is 24.5. The van der Waals surface area contributed by atoms with Crippen molar-refractivity contribution in [2.75, 3.05) is 19.8 Å². The van der Waals surface area contributed by atoms with E-state index in [0.717, 1.165) is 22.3 Å². The van der Waals surface area contributed by atoms with Gasteiger partial charge in [0.15, 0.2) is 0 Å². The van der Waals surface area contributed by atoms with Crippen molar-refractivity contribution in [2.24, 2.45) is 0 Å². The lowest BCUT2D eigenvalue weighted by atomic mass is 10.1.